The summed E-state index contributed by atoms with van der Waals surface area (Å²) in [7, 11) is 0. The van der Waals surface area contributed by atoms with Gasteiger partial charge in [0.1, 0.15) is 0 Å². The van der Waals surface area contributed by atoms with E-state index in [1.807, 2.05) is 10.9 Å². The Morgan fingerprint density at radius 1 is 1.33 bits per heavy atom. The number of hydrogen-bond acceptors (Lipinski definition) is 3. The normalized spacial score (nSPS) is 18.0. The molecule has 1 unspecified atom stereocenters. The number of hydrogen-bond donors (Lipinski definition) is 0. The topological polar surface area (TPSA) is 48.5 Å². The Hall–Kier alpha value is -1.17. The Morgan fingerprint density at radius 3 is 2.90 bits per heavy atom. The van der Waals surface area contributed by atoms with Crippen molar-refractivity contribution in [1.82, 2.24) is 24.8 Å². The number of halogens is 1. The molecule has 3 rings (SSSR count). The highest BCUT2D eigenvalue weighted by molar-refractivity contribution is 9.09. The van der Waals surface area contributed by atoms with Crippen LogP contribution in [-0.4, -0.2) is 24.8 Å². The summed E-state index contributed by atoms with van der Waals surface area (Å²) in [5.74, 6) is 0. The molecule has 0 amide bonds. The fraction of sp³-hybridized carbons (Fsp3) is 0.667. The lowest BCUT2D eigenvalue weighted by Crippen LogP contribution is -2.13. The maximum absolute atomic E-state index is 4.72. The lowest BCUT2D eigenvalue weighted by atomic mass is 9.96. The van der Waals surface area contributed by atoms with Gasteiger partial charge in [-0.2, -0.15) is 5.10 Å². The van der Waals surface area contributed by atoms with Crippen LogP contribution in [0.15, 0.2) is 18.5 Å². The van der Waals surface area contributed by atoms with Crippen molar-refractivity contribution in [2.75, 3.05) is 0 Å². The Morgan fingerprint density at radius 2 is 2.14 bits per heavy atom. The van der Waals surface area contributed by atoms with E-state index < -0.39 is 0 Å². The molecule has 0 spiro atoms. The van der Waals surface area contributed by atoms with Gasteiger partial charge in [-0.05, 0) is 25.3 Å². The van der Waals surface area contributed by atoms with Gasteiger partial charge in [-0.25, -0.2) is 4.68 Å². The second kappa shape index (κ2) is 6.73. The highest BCUT2D eigenvalue weighted by Gasteiger charge is 2.16. The molecule has 114 valence electrons. The SMILES string of the molecule is CCC(Br)c1cn(Cc2ccn(C3CCCCC3)n2)nn1. The summed E-state index contributed by atoms with van der Waals surface area (Å²) in [6.07, 6.45) is 11.7. The zero-order valence-corrected chi connectivity index (χ0v) is 14.0. The molecular formula is C15H22BrN5. The van der Waals surface area contributed by atoms with Crippen LogP contribution in [0.1, 0.15) is 67.7 Å². The van der Waals surface area contributed by atoms with E-state index in [0.717, 1.165) is 17.8 Å². The third kappa shape index (κ3) is 3.54. The highest BCUT2D eigenvalue weighted by atomic mass is 79.9. The summed E-state index contributed by atoms with van der Waals surface area (Å²) in [6, 6.07) is 2.69. The zero-order chi connectivity index (χ0) is 14.7. The van der Waals surface area contributed by atoms with Crippen LogP contribution in [0.3, 0.4) is 0 Å². The minimum atomic E-state index is 0.283. The van der Waals surface area contributed by atoms with Crippen LogP contribution in [0.4, 0.5) is 0 Å². The van der Waals surface area contributed by atoms with E-state index in [0.29, 0.717) is 12.6 Å². The number of aromatic nitrogens is 5. The molecule has 2 aromatic heterocycles. The third-order valence-corrected chi connectivity index (χ3v) is 5.29. The molecule has 0 aliphatic heterocycles. The fourth-order valence-corrected chi connectivity index (χ4v) is 3.13. The molecule has 0 bridgehead atoms. The number of alkyl halides is 1. The first-order valence-corrected chi connectivity index (χ1v) is 8.76. The maximum Gasteiger partial charge on any atom is 0.0963 e. The Labute approximate surface area is 133 Å². The predicted molar refractivity (Wildman–Crippen MR) is 85.4 cm³/mol. The summed E-state index contributed by atoms with van der Waals surface area (Å²) < 4.78 is 4.01. The summed E-state index contributed by atoms with van der Waals surface area (Å²) in [5.41, 5.74) is 2.05. The van der Waals surface area contributed by atoms with E-state index in [1.165, 1.54) is 32.1 Å². The Bertz CT molecular complexity index is 570. The van der Waals surface area contributed by atoms with Gasteiger partial charge in [-0.3, -0.25) is 4.68 Å². The van der Waals surface area contributed by atoms with Gasteiger partial charge in [0.05, 0.1) is 35.0 Å². The molecule has 5 nitrogen and oxygen atoms in total. The second-order valence-corrected chi connectivity index (χ2v) is 6.90. The molecule has 1 aliphatic carbocycles. The average Bonchev–Trinajstić information content (AvgIpc) is 3.17. The molecule has 2 aromatic rings. The molecule has 0 radical (unpaired) electrons. The first-order valence-electron chi connectivity index (χ1n) is 7.84. The molecule has 1 atom stereocenters. The van der Waals surface area contributed by atoms with Crippen LogP contribution in [0.25, 0.3) is 0 Å². The molecule has 1 aliphatic rings. The van der Waals surface area contributed by atoms with Gasteiger partial charge in [-0.1, -0.05) is 47.3 Å². The van der Waals surface area contributed by atoms with Crippen molar-refractivity contribution in [3.8, 4) is 0 Å². The summed E-state index contributed by atoms with van der Waals surface area (Å²) in [6.45, 7) is 2.82. The molecule has 1 saturated carbocycles. The number of rotatable bonds is 5. The van der Waals surface area contributed by atoms with E-state index in [1.54, 1.807) is 0 Å². The van der Waals surface area contributed by atoms with Gasteiger partial charge in [0.2, 0.25) is 0 Å². The molecule has 1 fully saturated rings. The zero-order valence-electron chi connectivity index (χ0n) is 12.5. The first-order chi connectivity index (χ1) is 10.3. The lowest BCUT2D eigenvalue weighted by Gasteiger charge is -2.21. The van der Waals surface area contributed by atoms with Gasteiger partial charge in [0.25, 0.3) is 0 Å². The van der Waals surface area contributed by atoms with Crippen LogP contribution in [0.2, 0.25) is 0 Å². The van der Waals surface area contributed by atoms with Crippen molar-refractivity contribution in [3.05, 3.63) is 29.8 Å². The van der Waals surface area contributed by atoms with E-state index in [9.17, 15) is 0 Å². The highest BCUT2D eigenvalue weighted by Crippen LogP contribution is 2.27. The first kappa shape index (κ1) is 14.8. The van der Waals surface area contributed by atoms with Crippen molar-refractivity contribution >= 4 is 15.9 Å². The van der Waals surface area contributed by atoms with E-state index in [2.05, 4.69) is 50.1 Å². The largest absolute Gasteiger partial charge is 0.269 e. The van der Waals surface area contributed by atoms with Crippen molar-refractivity contribution < 1.29 is 0 Å². The third-order valence-electron chi connectivity index (χ3n) is 4.17. The molecule has 0 saturated heterocycles. The monoisotopic (exact) mass is 351 g/mol. The van der Waals surface area contributed by atoms with Gasteiger partial charge in [-0.15, -0.1) is 5.10 Å². The molecule has 0 N–H and O–H groups in total. The Kier molecular flexibility index (Phi) is 4.73. The van der Waals surface area contributed by atoms with Crippen LogP contribution < -0.4 is 0 Å². The smallest absolute Gasteiger partial charge is 0.0963 e. The van der Waals surface area contributed by atoms with E-state index in [-0.39, 0.29) is 4.83 Å². The van der Waals surface area contributed by atoms with Crippen molar-refractivity contribution in [2.45, 2.75) is 62.9 Å². The molecule has 21 heavy (non-hydrogen) atoms. The van der Waals surface area contributed by atoms with Gasteiger partial charge < -0.3 is 0 Å². The van der Waals surface area contributed by atoms with Crippen molar-refractivity contribution in [2.24, 2.45) is 0 Å². The molecule has 0 aromatic carbocycles. The van der Waals surface area contributed by atoms with Crippen molar-refractivity contribution in [1.29, 1.82) is 0 Å². The predicted octanol–water partition coefficient (Wildman–Crippen LogP) is 3.87. The molecular weight excluding hydrogens is 330 g/mol. The van der Waals surface area contributed by atoms with Crippen LogP contribution in [0.5, 0.6) is 0 Å². The Balaban J connectivity index is 1.65. The molecule has 6 heteroatoms. The lowest BCUT2D eigenvalue weighted by molar-refractivity contribution is 0.327. The molecule has 2 heterocycles. The van der Waals surface area contributed by atoms with Gasteiger partial charge >= 0.3 is 0 Å². The maximum atomic E-state index is 4.72. The van der Waals surface area contributed by atoms with Crippen LogP contribution >= 0.6 is 15.9 Å². The quantitative estimate of drug-likeness (QED) is 0.768. The van der Waals surface area contributed by atoms with E-state index >= 15 is 0 Å². The minimum Gasteiger partial charge on any atom is -0.269 e. The summed E-state index contributed by atoms with van der Waals surface area (Å²) in [4.78, 5) is 0.283. The van der Waals surface area contributed by atoms with Gasteiger partial charge in [0, 0.05) is 6.20 Å². The average molecular weight is 352 g/mol. The summed E-state index contributed by atoms with van der Waals surface area (Å²) >= 11 is 3.60. The fourth-order valence-electron chi connectivity index (χ4n) is 2.92. The van der Waals surface area contributed by atoms with Gasteiger partial charge in [0.15, 0.2) is 0 Å². The van der Waals surface area contributed by atoms with Crippen molar-refractivity contribution in [3.63, 3.8) is 0 Å². The minimum absolute atomic E-state index is 0.283. The summed E-state index contributed by atoms with van der Waals surface area (Å²) in [5, 5.41) is 13.1. The van der Waals surface area contributed by atoms with E-state index in [4.69, 9.17) is 5.10 Å². The standard InChI is InChI=1S/C15H22BrN5/c1-2-14(16)15-11-20(19-17-15)10-12-8-9-21(18-12)13-6-4-3-5-7-13/h8-9,11,13-14H,2-7,10H2,1H3. The van der Waals surface area contributed by atoms with Crippen LogP contribution in [-0.2, 0) is 6.54 Å². The second-order valence-electron chi connectivity index (χ2n) is 5.80. The number of nitrogens with zero attached hydrogens (tertiary/aromatic N) is 5. The van der Waals surface area contributed by atoms with Crippen LogP contribution in [0, 0.1) is 0 Å².